The lowest BCUT2D eigenvalue weighted by Crippen LogP contribution is -2.40. The van der Waals surface area contributed by atoms with Crippen molar-refractivity contribution in [1.82, 2.24) is 0 Å². The van der Waals surface area contributed by atoms with Gasteiger partial charge in [0.1, 0.15) is 0 Å². The first kappa shape index (κ1) is 11.5. The molecule has 1 fully saturated rings. The first-order valence-corrected chi connectivity index (χ1v) is 5.34. The molecule has 0 aliphatic heterocycles. The van der Waals surface area contributed by atoms with E-state index < -0.39 is 5.97 Å². The smallest absolute Gasteiger partial charge is 0.303 e. The van der Waals surface area contributed by atoms with E-state index in [1.54, 1.807) is 0 Å². The number of aliphatic carboxylic acids is 1. The Morgan fingerprint density at radius 2 is 2.00 bits per heavy atom. The molecule has 0 radical (unpaired) electrons. The van der Waals surface area contributed by atoms with E-state index in [1.807, 2.05) is 0 Å². The van der Waals surface area contributed by atoms with E-state index >= 15 is 0 Å². The largest absolute Gasteiger partial charge is 0.481 e. The molecular weight excluding hydrogens is 180 g/mol. The number of hydrogen-bond donors (Lipinski definition) is 3. The van der Waals surface area contributed by atoms with Crippen molar-refractivity contribution in [2.45, 2.75) is 50.6 Å². The predicted molar refractivity (Wildman–Crippen MR) is 54.8 cm³/mol. The van der Waals surface area contributed by atoms with E-state index in [-0.39, 0.29) is 18.5 Å². The molecule has 0 saturated heterocycles. The zero-order valence-electron chi connectivity index (χ0n) is 8.48. The summed E-state index contributed by atoms with van der Waals surface area (Å²) in [5.74, 6) is -0.198. The van der Waals surface area contributed by atoms with Crippen molar-refractivity contribution in [3.05, 3.63) is 0 Å². The summed E-state index contributed by atoms with van der Waals surface area (Å²) >= 11 is 0. The fourth-order valence-electron chi connectivity index (χ4n) is 2.16. The van der Waals surface area contributed by atoms with Crippen LogP contribution in [0.3, 0.4) is 0 Å². The Labute approximate surface area is 84.7 Å². The molecular formula is C10H20N2O2. The van der Waals surface area contributed by atoms with E-state index in [4.69, 9.17) is 16.6 Å². The van der Waals surface area contributed by atoms with Gasteiger partial charge in [-0.1, -0.05) is 6.42 Å². The molecule has 4 heteroatoms. The van der Waals surface area contributed by atoms with Gasteiger partial charge in [-0.3, -0.25) is 4.79 Å². The van der Waals surface area contributed by atoms with Crippen LogP contribution >= 0.6 is 0 Å². The highest BCUT2D eigenvalue weighted by atomic mass is 16.4. The highest BCUT2D eigenvalue weighted by Crippen LogP contribution is 2.27. The highest BCUT2D eigenvalue weighted by Gasteiger charge is 2.29. The normalized spacial score (nSPS) is 32.0. The third-order valence-corrected chi connectivity index (χ3v) is 3.13. The number of nitrogens with two attached hydrogens (primary N) is 2. The van der Waals surface area contributed by atoms with Gasteiger partial charge in [-0.25, -0.2) is 0 Å². The fourth-order valence-corrected chi connectivity index (χ4v) is 2.16. The van der Waals surface area contributed by atoms with Gasteiger partial charge in [0.2, 0.25) is 0 Å². The predicted octanol–water partition coefficient (Wildman–Crippen LogP) is 0.696. The van der Waals surface area contributed by atoms with Gasteiger partial charge >= 0.3 is 5.97 Å². The summed E-state index contributed by atoms with van der Waals surface area (Å²) in [6.07, 6.45) is 5.14. The quantitative estimate of drug-likeness (QED) is 0.570. The SMILES string of the molecule is N[C@@H]1[C@H](CCCCC(=O)O)CC[C@@H]1N. The summed E-state index contributed by atoms with van der Waals surface area (Å²) < 4.78 is 0. The second kappa shape index (κ2) is 5.32. The van der Waals surface area contributed by atoms with Gasteiger partial charge < -0.3 is 16.6 Å². The number of unbranched alkanes of at least 4 members (excludes halogenated alkanes) is 1. The molecule has 14 heavy (non-hydrogen) atoms. The summed E-state index contributed by atoms with van der Waals surface area (Å²) in [7, 11) is 0. The lowest BCUT2D eigenvalue weighted by molar-refractivity contribution is -0.137. The average molecular weight is 200 g/mol. The van der Waals surface area contributed by atoms with Crippen molar-refractivity contribution in [2.24, 2.45) is 17.4 Å². The monoisotopic (exact) mass is 200 g/mol. The first-order valence-electron chi connectivity index (χ1n) is 5.34. The second-order valence-electron chi connectivity index (χ2n) is 4.22. The molecule has 82 valence electrons. The van der Waals surface area contributed by atoms with Crippen molar-refractivity contribution < 1.29 is 9.90 Å². The van der Waals surface area contributed by atoms with Crippen molar-refractivity contribution >= 4 is 5.97 Å². The molecule has 0 spiro atoms. The number of carboxylic acids is 1. The van der Waals surface area contributed by atoms with Crippen LogP contribution < -0.4 is 11.5 Å². The molecule has 0 aromatic heterocycles. The van der Waals surface area contributed by atoms with E-state index in [0.717, 1.165) is 32.1 Å². The Balaban J connectivity index is 2.10. The lowest BCUT2D eigenvalue weighted by Gasteiger charge is -2.17. The Bertz CT molecular complexity index is 197. The van der Waals surface area contributed by atoms with Crippen LogP contribution in [0, 0.1) is 5.92 Å². The molecule has 0 aromatic carbocycles. The minimum absolute atomic E-state index is 0.125. The molecule has 5 N–H and O–H groups in total. The van der Waals surface area contributed by atoms with Gasteiger partial charge in [-0.05, 0) is 31.6 Å². The summed E-state index contributed by atoms with van der Waals surface area (Å²) in [4.78, 5) is 10.3. The maximum absolute atomic E-state index is 10.3. The number of rotatable bonds is 5. The molecule has 1 rings (SSSR count). The number of hydrogen-bond acceptors (Lipinski definition) is 3. The molecule has 1 aliphatic carbocycles. The third-order valence-electron chi connectivity index (χ3n) is 3.13. The van der Waals surface area contributed by atoms with Gasteiger partial charge in [0.05, 0.1) is 0 Å². The minimum Gasteiger partial charge on any atom is -0.481 e. The van der Waals surface area contributed by atoms with Crippen molar-refractivity contribution in [3.63, 3.8) is 0 Å². The summed E-state index contributed by atoms with van der Waals surface area (Å²) in [5.41, 5.74) is 11.7. The van der Waals surface area contributed by atoms with E-state index in [2.05, 4.69) is 0 Å². The molecule has 0 heterocycles. The highest BCUT2D eigenvalue weighted by molar-refractivity contribution is 5.66. The van der Waals surface area contributed by atoms with Crippen molar-refractivity contribution in [2.75, 3.05) is 0 Å². The topological polar surface area (TPSA) is 89.3 Å². The van der Waals surface area contributed by atoms with Crippen LogP contribution in [0.5, 0.6) is 0 Å². The molecule has 3 atom stereocenters. The average Bonchev–Trinajstić information content (AvgIpc) is 2.43. The molecule has 1 aliphatic rings. The van der Waals surface area contributed by atoms with Gasteiger partial charge in [0.25, 0.3) is 0 Å². The first-order chi connectivity index (χ1) is 6.61. The minimum atomic E-state index is -0.711. The Morgan fingerprint density at radius 3 is 2.50 bits per heavy atom. The van der Waals surface area contributed by atoms with E-state index in [9.17, 15) is 4.79 Å². The zero-order chi connectivity index (χ0) is 10.6. The van der Waals surface area contributed by atoms with Crippen LogP contribution in [-0.2, 0) is 4.79 Å². The van der Waals surface area contributed by atoms with Gasteiger partial charge in [-0.2, -0.15) is 0 Å². The fraction of sp³-hybridized carbons (Fsp3) is 0.900. The Morgan fingerprint density at radius 1 is 1.29 bits per heavy atom. The van der Waals surface area contributed by atoms with Crippen LogP contribution in [-0.4, -0.2) is 23.2 Å². The number of carbonyl (C=O) groups is 1. The van der Waals surface area contributed by atoms with Gasteiger partial charge in [-0.15, -0.1) is 0 Å². The lowest BCUT2D eigenvalue weighted by atomic mass is 9.96. The molecule has 0 bridgehead atoms. The maximum Gasteiger partial charge on any atom is 0.303 e. The molecule has 0 unspecified atom stereocenters. The van der Waals surface area contributed by atoms with Gasteiger partial charge in [0, 0.05) is 18.5 Å². The summed E-state index contributed by atoms with van der Waals surface area (Å²) in [5, 5.41) is 8.45. The van der Waals surface area contributed by atoms with Crippen molar-refractivity contribution in [1.29, 1.82) is 0 Å². The van der Waals surface area contributed by atoms with Crippen LogP contribution in [0.25, 0.3) is 0 Å². The maximum atomic E-state index is 10.3. The van der Waals surface area contributed by atoms with Crippen LogP contribution in [0.15, 0.2) is 0 Å². The summed E-state index contributed by atoms with van der Waals surface area (Å²) in [6.45, 7) is 0. The van der Waals surface area contributed by atoms with Crippen LogP contribution in [0.1, 0.15) is 38.5 Å². The van der Waals surface area contributed by atoms with E-state index in [1.165, 1.54) is 0 Å². The Kier molecular flexibility index (Phi) is 4.35. The van der Waals surface area contributed by atoms with E-state index in [0.29, 0.717) is 5.92 Å². The number of carboxylic acid groups (broad SMARTS) is 1. The molecule has 4 nitrogen and oxygen atoms in total. The van der Waals surface area contributed by atoms with Crippen molar-refractivity contribution in [3.8, 4) is 0 Å². The molecule has 1 saturated carbocycles. The summed E-state index contributed by atoms with van der Waals surface area (Å²) in [6, 6.07) is 0.277. The van der Waals surface area contributed by atoms with Crippen LogP contribution in [0.4, 0.5) is 0 Å². The molecule has 0 amide bonds. The third kappa shape index (κ3) is 3.27. The second-order valence-corrected chi connectivity index (χ2v) is 4.22. The molecule has 0 aromatic rings. The zero-order valence-corrected chi connectivity index (χ0v) is 8.48. The van der Waals surface area contributed by atoms with Crippen LogP contribution in [0.2, 0.25) is 0 Å². The standard InChI is InChI=1S/C10H20N2O2/c11-8-6-5-7(10(8)12)3-1-2-4-9(13)14/h7-8,10H,1-6,11-12H2,(H,13,14)/t7-,8+,10-/m1/s1. The van der Waals surface area contributed by atoms with Gasteiger partial charge in [0.15, 0.2) is 0 Å². The Hall–Kier alpha value is -0.610.